The number of likely N-dealkylation sites (tertiary alicyclic amines) is 4. The van der Waals surface area contributed by atoms with Gasteiger partial charge in [-0.25, -0.2) is 19.9 Å². The van der Waals surface area contributed by atoms with Gasteiger partial charge < -0.3 is 105 Å². The maximum atomic E-state index is 14.8. The third-order valence-corrected chi connectivity index (χ3v) is 23.7. The summed E-state index contributed by atoms with van der Waals surface area (Å²) in [6.45, 7) is 7.15. The van der Waals surface area contributed by atoms with Gasteiger partial charge in [-0.05, 0) is 137 Å². The van der Waals surface area contributed by atoms with E-state index in [1.165, 1.54) is 26.1 Å². The fourth-order valence-electron chi connectivity index (χ4n) is 17.2. The minimum atomic E-state index is -1.35. The predicted octanol–water partition coefficient (Wildman–Crippen LogP) is 4.78. The Morgan fingerprint density at radius 3 is 1.42 bits per heavy atom. The molecule has 0 unspecified atom stereocenters. The van der Waals surface area contributed by atoms with E-state index in [4.69, 9.17) is 35.1 Å². The fourth-order valence-corrected chi connectivity index (χ4v) is 17.2. The molecule has 0 bridgehead atoms. The van der Waals surface area contributed by atoms with E-state index in [0.29, 0.717) is 49.0 Å². The highest BCUT2D eigenvalue weighted by molar-refractivity contribution is 5.98. The second-order valence-corrected chi connectivity index (χ2v) is 32.1. The molecule has 6 saturated heterocycles. The van der Waals surface area contributed by atoms with E-state index >= 15 is 0 Å². The molecular weight excluding hydrogens is 1500 g/mol. The number of hydrogen-bond acceptors (Lipinski definition) is 21. The highest BCUT2D eigenvalue weighted by Crippen LogP contribution is 2.36. The molecule has 6 fully saturated rings. The zero-order valence-electron chi connectivity index (χ0n) is 66.1. The number of amides is 7. The van der Waals surface area contributed by atoms with Crippen LogP contribution in [0, 0.1) is 0 Å². The molecule has 0 radical (unpaired) electrons. The maximum absolute atomic E-state index is 14.8. The molecule has 6 aliphatic heterocycles. The van der Waals surface area contributed by atoms with E-state index < -0.39 is 90.6 Å². The number of carbonyl (C=O) groups is 7. The van der Waals surface area contributed by atoms with Crippen LogP contribution in [0.5, 0.6) is 11.5 Å². The molecule has 32 nitrogen and oxygen atoms in total. The summed E-state index contributed by atoms with van der Waals surface area (Å²) in [5, 5.41) is 44.3. The van der Waals surface area contributed by atoms with Crippen molar-refractivity contribution in [2.24, 2.45) is 5.73 Å². The SMILES string of the molecule is CN1CCN(c2ccc3[nH]c(-c4ccc5[nH]c(-c6cccc(OCCCC(=O)N(C)CCCCN(CC(N)=O)C(=O)[C@@H]7C[C@@H](O)CN7C(=O)[C@@H]7C[C@@H](O)CN7C(=O)[C@@H]7C[C@@H](O)CN7C(=O)[C@@H]7C[C@@H](O)CN7C(=O)CCCOc7cccc(-c8nc9ccc(-c%10nc%11ccc(N%12CCN(C)CC%12)cc%11[nH]%10)cc9[nH]8)c7)c6)nc5c4)nc3c2)CC1. The van der Waals surface area contributed by atoms with Gasteiger partial charge in [0.05, 0.1) is 88.3 Å². The number of aliphatic hydroxyl groups excluding tert-OH is 4. The normalized spacial score (nSPS) is 21.4. The molecule has 0 spiro atoms. The first kappa shape index (κ1) is 79.3. The Morgan fingerprint density at radius 1 is 0.444 bits per heavy atom. The highest BCUT2D eigenvalue weighted by atomic mass is 16.5. The van der Waals surface area contributed by atoms with Crippen molar-refractivity contribution in [2.45, 2.75) is 113 Å². The zero-order valence-corrected chi connectivity index (χ0v) is 66.1. The van der Waals surface area contributed by atoms with Crippen LogP contribution in [-0.4, -0.2) is 322 Å². The number of β-amino-alcohol motifs (C(OH)–C–C–N with tert-alkyl or cyclic N) is 4. The molecule has 10 N–H and O–H groups in total. The van der Waals surface area contributed by atoms with E-state index in [0.717, 1.165) is 140 Å². The second kappa shape index (κ2) is 34.3. The number of carbonyl (C=O) groups excluding carboxylic acids is 7. The summed E-state index contributed by atoms with van der Waals surface area (Å²) in [7, 11) is 5.98. The van der Waals surface area contributed by atoms with Gasteiger partial charge in [-0.1, -0.05) is 24.3 Å². The van der Waals surface area contributed by atoms with Crippen LogP contribution in [0.25, 0.3) is 89.7 Å². The van der Waals surface area contributed by atoms with Crippen LogP contribution >= 0.6 is 0 Å². The topological polar surface area (TPSA) is 392 Å². The molecule has 0 saturated carbocycles. The summed E-state index contributed by atoms with van der Waals surface area (Å²) in [6, 6.07) is 34.6. The Hall–Kier alpha value is -11.6. The maximum Gasteiger partial charge on any atom is 0.246 e. The summed E-state index contributed by atoms with van der Waals surface area (Å²) in [5.74, 6) is -0.222. The molecule has 0 aliphatic carbocycles. The monoisotopic (exact) mass is 1600 g/mol. The van der Waals surface area contributed by atoms with Crippen molar-refractivity contribution in [3.05, 3.63) is 121 Å². The van der Waals surface area contributed by atoms with Gasteiger partial charge >= 0.3 is 0 Å². The van der Waals surface area contributed by atoms with Gasteiger partial charge in [-0.2, -0.15) is 0 Å². The number of primary amides is 1. The molecule has 16 rings (SSSR count). The largest absolute Gasteiger partial charge is 0.494 e. The Morgan fingerprint density at radius 2 is 0.863 bits per heavy atom. The number of imidazole rings is 4. The third kappa shape index (κ3) is 17.6. The van der Waals surface area contributed by atoms with E-state index in [2.05, 4.69) is 90.0 Å². The van der Waals surface area contributed by atoms with Crippen LogP contribution in [0.1, 0.15) is 64.2 Å². The van der Waals surface area contributed by atoms with Crippen LogP contribution in [-0.2, 0) is 33.6 Å². The Kier molecular flexibility index (Phi) is 23.3. The average molecular weight is 1600 g/mol. The third-order valence-electron chi connectivity index (χ3n) is 23.7. The zero-order chi connectivity index (χ0) is 81.3. The van der Waals surface area contributed by atoms with Gasteiger partial charge in [0.2, 0.25) is 41.4 Å². The molecule has 10 heterocycles. The number of rotatable bonds is 27. The molecule has 117 heavy (non-hydrogen) atoms. The van der Waals surface area contributed by atoms with Crippen molar-refractivity contribution in [1.29, 1.82) is 0 Å². The van der Waals surface area contributed by atoms with E-state index in [-0.39, 0.29) is 96.8 Å². The summed E-state index contributed by atoms with van der Waals surface area (Å²) in [4.78, 5) is 149. The molecule has 6 aliphatic rings. The minimum Gasteiger partial charge on any atom is -0.494 e. The predicted molar refractivity (Wildman–Crippen MR) is 439 cm³/mol. The quantitative estimate of drug-likeness (QED) is 0.0313. The molecule has 4 aromatic heterocycles. The number of nitrogens with zero attached hydrogens (tertiary/aromatic N) is 14. The second-order valence-electron chi connectivity index (χ2n) is 32.1. The lowest BCUT2D eigenvalue weighted by Gasteiger charge is -2.35. The van der Waals surface area contributed by atoms with Gasteiger partial charge in [-0.15, -0.1) is 0 Å². The number of anilines is 2. The van der Waals surface area contributed by atoms with Gasteiger partial charge in [-0.3, -0.25) is 33.6 Å². The molecule has 8 atom stereocenters. The van der Waals surface area contributed by atoms with E-state index in [9.17, 15) is 54.0 Å². The number of likely N-dealkylation sites (N-methyl/N-ethyl adjacent to an activating group) is 2. The smallest absolute Gasteiger partial charge is 0.246 e. The van der Waals surface area contributed by atoms with Crippen molar-refractivity contribution < 1.29 is 63.5 Å². The first-order chi connectivity index (χ1) is 56.6. The number of aromatic amines is 4. The van der Waals surface area contributed by atoms with Gasteiger partial charge in [0.25, 0.3) is 0 Å². The number of piperazine rings is 2. The van der Waals surface area contributed by atoms with E-state index in [1.807, 2.05) is 78.9 Å². The van der Waals surface area contributed by atoms with Gasteiger partial charge in [0, 0.05) is 171 Å². The van der Waals surface area contributed by atoms with Crippen molar-refractivity contribution in [1.82, 2.24) is 79.1 Å². The Labute approximate surface area is 675 Å². The minimum absolute atomic E-state index is 0.0200. The number of aromatic nitrogens is 8. The Balaban J connectivity index is 0.480. The Bertz CT molecular complexity index is 5340. The number of nitrogens with two attached hydrogens (primary N) is 1. The number of ether oxygens (including phenoxy) is 2. The molecular formula is C85H101N19O13. The van der Waals surface area contributed by atoms with Crippen molar-refractivity contribution >= 4 is 96.9 Å². The number of unbranched alkanes of at least 4 members (excludes halogenated alkanes) is 1. The van der Waals surface area contributed by atoms with Crippen LogP contribution in [0.3, 0.4) is 0 Å². The summed E-state index contributed by atoms with van der Waals surface area (Å²) in [5.41, 5.74) is 18.4. The van der Waals surface area contributed by atoms with Crippen LogP contribution in [0.4, 0.5) is 11.4 Å². The first-order valence-electron chi connectivity index (χ1n) is 40.6. The number of fused-ring (bicyclic) bond motifs is 4. The average Bonchev–Trinajstić information content (AvgIpc) is 1.65. The van der Waals surface area contributed by atoms with Crippen LogP contribution < -0.4 is 25.0 Å². The summed E-state index contributed by atoms with van der Waals surface area (Å²) in [6.07, 6.45) is -3.78. The number of hydrogen-bond donors (Lipinski definition) is 9. The summed E-state index contributed by atoms with van der Waals surface area (Å²) < 4.78 is 12.3. The number of aliphatic hydroxyl groups is 4. The van der Waals surface area contributed by atoms with Crippen LogP contribution in [0.2, 0.25) is 0 Å². The molecule has 614 valence electrons. The lowest BCUT2D eigenvalue weighted by Crippen LogP contribution is -2.57. The first-order valence-corrected chi connectivity index (χ1v) is 40.6. The standard InChI is InChI=1S/C85H101N19O13/c1-95-26-30-98(31-27-95)55-18-22-65-69(40-55)93-80(89-65)53-16-20-63-67(38-53)91-78(87-63)51-10-6-12-61(36-51)116-34-8-14-76(110)97(3)24-4-5-25-100(50-75(86)109)82(112)71-42-58(106)47-102(71)84(114)73-44-60(108)49-104(73)85(115)74-45-59(107)48-103(74)83(113)72-43-57(105)46-101(72)77(111)15-9-35-117-62-13-7-11-52(37-62)79-88-64-21-17-54(39-68(64)92-79)81-90-66-23-19-56(41-70(66)94-81)99-32-28-96(2)29-33-99/h6-7,10-13,16-23,36-41,57-60,71-74,105-108H,4-5,8-9,14-15,24-35,42-50H2,1-3H3,(H2,86,109)(H,87,91)(H,88,92)(H,89,93)(H,90,94)/t57-,58-,59-,60-,71+,72+,73+,74+/m1/s1. The lowest BCUT2D eigenvalue weighted by atomic mass is 10.1. The van der Waals surface area contributed by atoms with E-state index in [1.54, 1.807) is 18.0 Å². The molecule has 10 aromatic rings. The van der Waals surface area contributed by atoms with Crippen molar-refractivity contribution in [3.8, 4) is 57.1 Å². The lowest BCUT2D eigenvalue weighted by molar-refractivity contribution is -0.153. The molecule has 32 heteroatoms. The number of benzene rings is 6. The molecule has 6 aromatic carbocycles. The van der Waals surface area contributed by atoms with Gasteiger partial charge in [0.15, 0.2) is 0 Å². The number of H-pyrrole nitrogens is 4. The van der Waals surface area contributed by atoms with Gasteiger partial charge in [0.1, 0.15) is 59.0 Å². The summed E-state index contributed by atoms with van der Waals surface area (Å²) >= 11 is 0. The number of nitrogens with one attached hydrogen (secondary N) is 4. The fraction of sp³-hybridized carbons (Fsp3) is 0.447. The van der Waals surface area contributed by atoms with Crippen molar-refractivity contribution in [2.75, 3.05) is 142 Å². The van der Waals surface area contributed by atoms with Crippen LogP contribution in [0.15, 0.2) is 121 Å². The molecule has 7 amide bonds. The highest BCUT2D eigenvalue weighted by Gasteiger charge is 2.52. The van der Waals surface area contributed by atoms with Crippen molar-refractivity contribution in [3.63, 3.8) is 0 Å².